The van der Waals surface area contributed by atoms with Crippen molar-refractivity contribution in [3.63, 3.8) is 0 Å². The van der Waals surface area contributed by atoms with Gasteiger partial charge in [0.25, 0.3) is 0 Å². The summed E-state index contributed by atoms with van der Waals surface area (Å²) in [5.74, 6) is 0.642. The molecule has 0 radical (unpaired) electrons. The van der Waals surface area contributed by atoms with Gasteiger partial charge in [0.05, 0.1) is 5.60 Å². The lowest BCUT2D eigenvalue weighted by Gasteiger charge is -2.34. The molecule has 1 rings (SSSR count). The van der Waals surface area contributed by atoms with Crippen molar-refractivity contribution in [2.24, 2.45) is 5.92 Å². The molecule has 0 aromatic carbocycles. The highest BCUT2D eigenvalue weighted by Crippen LogP contribution is 2.24. The van der Waals surface area contributed by atoms with Crippen molar-refractivity contribution in [1.29, 1.82) is 0 Å². The Morgan fingerprint density at radius 1 is 1.42 bits per heavy atom. The molecule has 0 bridgehead atoms. The van der Waals surface area contributed by atoms with Crippen molar-refractivity contribution < 1.29 is 9.31 Å². The van der Waals surface area contributed by atoms with E-state index < -0.39 is 0 Å². The van der Waals surface area contributed by atoms with Gasteiger partial charge in [-0.3, -0.25) is 0 Å². The van der Waals surface area contributed by atoms with E-state index in [4.69, 9.17) is 9.31 Å². The second-order valence-corrected chi connectivity index (χ2v) is 4.56. The smallest absolute Gasteiger partial charge is 0.411 e. The first-order valence-electron chi connectivity index (χ1n) is 4.79. The lowest BCUT2D eigenvalue weighted by atomic mass is 9.76. The van der Waals surface area contributed by atoms with E-state index in [0.717, 1.165) is 19.3 Å². The van der Waals surface area contributed by atoms with Crippen LogP contribution in [-0.4, -0.2) is 19.3 Å². The van der Waals surface area contributed by atoms with Gasteiger partial charge in [0.1, 0.15) is 0 Å². The van der Waals surface area contributed by atoms with Gasteiger partial charge < -0.3 is 9.31 Å². The van der Waals surface area contributed by atoms with Crippen LogP contribution in [0.4, 0.5) is 0 Å². The Kier molecular flexibility index (Phi) is 3.19. The largest absolute Gasteiger partial charge is 0.457 e. The summed E-state index contributed by atoms with van der Waals surface area (Å²) in [4.78, 5) is 0. The predicted octanol–water partition coefficient (Wildman–Crippen LogP) is 2.35. The third-order valence-electron chi connectivity index (χ3n) is 2.12. The molecule has 0 unspecified atom stereocenters. The van der Waals surface area contributed by atoms with Gasteiger partial charge >= 0.3 is 7.12 Å². The Bertz CT molecular complexity index is 145. The maximum Gasteiger partial charge on any atom is 0.457 e. The highest BCUT2D eigenvalue weighted by molar-refractivity contribution is 6.44. The molecule has 70 valence electrons. The summed E-state index contributed by atoms with van der Waals surface area (Å²) in [5.41, 5.74) is 0.0117. The molecule has 1 saturated heterocycles. The Hall–Kier alpha value is -0.0151. The third kappa shape index (κ3) is 3.15. The molecule has 0 saturated carbocycles. The van der Waals surface area contributed by atoms with Crippen LogP contribution in [0.5, 0.6) is 0 Å². The zero-order valence-corrected chi connectivity index (χ0v) is 8.59. The summed E-state index contributed by atoms with van der Waals surface area (Å²) in [5, 5.41) is 0. The maximum atomic E-state index is 5.76. The van der Waals surface area contributed by atoms with Crippen LogP contribution in [0.15, 0.2) is 0 Å². The van der Waals surface area contributed by atoms with Gasteiger partial charge in [-0.1, -0.05) is 13.8 Å². The molecule has 1 aliphatic rings. The van der Waals surface area contributed by atoms with Crippen LogP contribution in [0.25, 0.3) is 0 Å². The second-order valence-electron chi connectivity index (χ2n) is 4.56. The van der Waals surface area contributed by atoms with Crippen LogP contribution in [0.3, 0.4) is 0 Å². The van der Waals surface area contributed by atoms with Crippen molar-refractivity contribution in [1.82, 2.24) is 0 Å². The van der Waals surface area contributed by atoms with E-state index in [1.54, 1.807) is 0 Å². The molecule has 2 nitrogen and oxygen atoms in total. The minimum Gasteiger partial charge on any atom is -0.411 e. The van der Waals surface area contributed by atoms with E-state index in [9.17, 15) is 0 Å². The van der Waals surface area contributed by atoms with Crippen molar-refractivity contribution in [3.05, 3.63) is 0 Å². The molecule has 3 heteroatoms. The molecule has 1 aliphatic heterocycles. The minimum atomic E-state index is 0.0117. The minimum absolute atomic E-state index is 0.0117. The van der Waals surface area contributed by atoms with Crippen LogP contribution >= 0.6 is 0 Å². The molecule has 0 N–H and O–H groups in total. The fourth-order valence-corrected chi connectivity index (χ4v) is 1.39. The van der Waals surface area contributed by atoms with Gasteiger partial charge in [0.2, 0.25) is 0 Å². The monoisotopic (exact) mass is 170 g/mol. The fourth-order valence-electron chi connectivity index (χ4n) is 1.39. The van der Waals surface area contributed by atoms with E-state index in [1.165, 1.54) is 0 Å². The lowest BCUT2D eigenvalue weighted by molar-refractivity contribution is 0.00363. The van der Waals surface area contributed by atoms with Gasteiger partial charge in [-0.15, -0.1) is 0 Å². The third-order valence-corrected chi connectivity index (χ3v) is 2.12. The molecule has 1 fully saturated rings. The average molecular weight is 170 g/mol. The van der Waals surface area contributed by atoms with Gasteiger partial charge in [-0.05, 0) is 32.5 Å². The first kappa shape index (κ1) is 10.1. The maximum absolute atomic E-state index is 5.76. The molecule has 0 amide bonds. The number of rotatable bonds is 2. The molecular weight excluding hydrogens is 151 g/mol. The van der Waals surface area contributed by atoms with Crippen LogP contribution in [0.1, 0.15) is 34.1 Å². The van der Waals surface area contributed by atoms with E-state index in [0.29, 0.717) is 5.92 Å². The van der Waals surface area contributed by atoms with E-state index in [1.807, 2.05) is 0 Å². The Labute approximate surface area is 75.8 Å². The van der Waals surface area contributed by atoms with Crippen LogP contribution in [-0.2, 0) is 9.31 Å². The molecule has 1 heterocycles. The van der Waals surface area contributed by atoms with Crippen molar-refractivity contribution >= 4 is 7.12 Å². The Balaban J connectivity index is 2.36. The van der Waals surface area contributed by atoms with Crippen LogP contribution < -0.4 is 0 Å². The van der Waals surface area contributed by atoms with Gasteiger partial charge in [-0.25, -0.2) is 0 Å². The lowest BCUT2D eigenvalue weighted by Crippen LogP contribution is -2.42. The van der Waals surface area contributed by atoms with E-state index >= 15 is 0 Å². The van der Waals surface area contributed by atoms with Crippen molar-refractivity contribution in [2.45, 2.75) is 46.0 Å². The summed E-state index contributed by atoms with van der Waals surface area (Å²) in [6, 6.07) is 0. The van der Waals surface area contributed by atoms with E-state index in [-0.39, 0.29) is 12.7 Å². The molecule has 12 heavy (non-hydrogen) atoms. The molecule has 0 spiro atoms. The molecular formula is C9H19BO2. The summed E-state index contributed by atoms with van der Waals surface area (Å²) < 4.78 is 11.3. The van der Waals surface area contributed by atoms with Crippen molar-refractivity contribution in [2.75, 3.05) is 6.61 Å². The summed E-state index contributed by atoms with van der Waals surface area (Å²) in [7, 11) is 0.0220. The van der Waals surface area contributed by atoms with Gasteiger partial charge in [0, 0.05) is 6.61 Å². The summed E-state index contributed by atoms with van der Waals surface area (Å²) in [6.07, 6.45) is 2.00. The topological polar surface area (TPSA) is 18.5 Å². The first-order valence-corrected chi connectivity index (χ1v) is 4.79. The Morgan fingerprint density at radius 3 is 2.58 bits per heavy atom. The Morgan fingerprint density at radius 2 is 2.08 bits per heavy atom. The van der Waals surface area contributed by atoms with Crippen molar-refractivity contribution in [3.8, 4) is 0 Å². The fraction of sp³-hybridized carbons (Fsp3) is 1.00. The summed E-state index contributed by atoms with van der Waals surface area (Å²) >= 11 is 0. The molecule has 0 atom stereocenters. The normalized spacial score (nSPS) is 23.2. The highest BCUT2D eigenvalue weighted by Gasteiger charge is 2.33. The first-order chi connectivity index (χ1) is 5.49. The number of hydrogen-bond donors (Lipinski definition) is 0. The quantitative estimate of drug-likeness (QED) is 0.592. The van der Waals surface area contributed by atoms with Crippen LogP contribution in [0, 0.1) is 5.92 Å². The molecule has 0 aliphatic carbocycles. The zero-order valence-electron chi connectivity index (χ0n) is 8.59. The highest BCUT2D eigenvalue weighted by atomic mass is 16.6. The number of hydrogen-bond acceptors (Lipinski definition) is 2. The SMILES string of the molecule is CC(C)CB1OCCC(C)(C)O1. The van der Waals surface area contributed by atoms with Gasteiger partial charge in [0.15, 0.2) is 0 Å². The molecule has 0 aromatic rings. The predicted molar refractivity (Wildman–Crippen MR) is 51.1 cm³/mol. The summed E-state index contributed by atoms with van der Waals surface area (Å²) in [6.45, 7) is 9.47. The van der Waals surface area contributed by atoms with Crippen LogP contribution in [0.2, 0.25) is 6.32 Å². The standard InChI is InChI=1S/C9H19BO2/c1-8(2)7-10-11-6-5-9(3,4)12-10/h8H,5-7H2,1-4H3. The van der Waals surface area contributed by atoms with E-state index in [2.05, 4.69) is 27.7 Å². The van der Waals surface area contributed by atoms with Gasteiger partial charge in [-0.2, -0.15) is 0 Å². The average Bonchev–Trinajstić information content (AvgIpc) is 1.82. The second kappa shape index (κ2) is 3.80. The zero-order chi connectivity index (χ0) is 9.19. The molecule has 0 aromatic heterocycles.